The third-order valence-corrected chi connectivity index (χ3v) is 5.79. The first-order valence-corrected chi connectivity index (χ1v) is 10.4. The summed E-state index contributed by atoms with van der Waals surface area (Å²) in [6.07, 6.45) is 4.69. The zero-order valence-electron chi connectivity index (χ0n) is 17.6. The Morgan fingerprint density at radius 3 is 2.45 bits per heavy atom. The molecular formula is C23H28N2O6. The van der Waals surface area contributed by atoms with Gasteiger partial charge in [0, 0.05) is 30.2 Å². The van der Waals surface area contributed by atoms with Crippen LogP contribution in [0, 0.1) is 22.0 Å². The second-order valence-electron chi connectivity index (χ2n) is 7.79. The van der Waals surface area contributed by atoms with Crippen LogP contribution in [0.25, 0.3) is 0 Å². The predicted molar refractivity (Wildman–Crippen MR) is 116 cm³/mol. The van der Waals surface area contributed by atoms with Gasteiger partial charge in [-0.1, -0.05) is 5.16 Å². The van der Waals surface area contributed by atoms with Gasteiger partial charge in [0.25, 0.3) is 5.69 Å². The number of non-ortho nitro benzene ring substituents is 1. The number of benzene rings is 2. The van der Waals surface area contributed by atoms with E-state index in [0.717, 1.165) is 48.9 Å². The Balaban J connectivity index is 1.76. The number of nitro groups is 1. The van der Waals surface area contributed by atoms with Crippen LogP contribution in [0.1, 0.15) is 43.2 Å². The van der Waals surface area contributed by atoms with Crippen molar-refractivity contribution in [3.8, 4) is 11.5 Å². The molecule has 0 aromatic heterocycles. The molecule has 0 bridgehead atoms. The highest BCUT2D eigenvalue weighted by Gasteiger charge is 2.26. The molecule has 0 heterocycles. The quantitative estimate of drug-likeness (QED) is 0.347. The fraction of sp³-hybridized carbons (Fsp3) is 0.435. The molecular weight excluding hydrogens is 400 g/mol. The lowest BCUT2D eigenvalue weighted by molar-refractivity contribution is -0.384. The Morgan fingerprint density at radius 2 is 1.87 bits per heavy atom. The minimum Gasteiger partial charge on any atom is -0.504 e. The second kappa shape index (κ2) is 10.8. The van der Waals surface area contributed by atoms with Crippen LogP contribution >= 0.6 is 0 Å². The zero-order valence-corrected chi connectivity index (χ0v) is 17.6. The lowest BCUT2D eigenvalue weighted by Gasteiger charge is -2.29. The first-order valence-electron chi connectivity index (χ1n) is 10.4. The summed E-state index contributed by atoms with van der Waals surface area (Å²) in [5, 5.41) is 34.6. The number of rotatable bonds is 9. The first-order chi connectivity index (χ1) is 15.0. The highest BCUT2D eigenvalue weighted by molar-refractivity contribution is 6.02. The normalized spacial score (nSPS) is 19.1. The van der Waals surface area contributed by atoms with Gasteiger partial charge >= 0.3 is 0 Å². The number of nitro benzene ring substituents is 1. The van der Waals surface area contributed by atoms with Crippen molar-refractivity contribution >= 4 is 11.4 Å². The molecule has 2 N–H and O–H groups in total. The van der Waals surface area contributed by atoms with Gasteiger partial charge in [-0.2, -0.15) is 0 Å². The molecule has 1 fully saturated rings. The fourth-order valence-electron chi connectivity index (χ4n) is 4.01. The van der Waals surface area contributed by atoms with Crippen LogP contribution in [0.5, 0.6) is 11.5 Å². The van der Waals surface area contributed by atoms with Crippen LogP contribution in [0.4, 0.5) is 5.69 Å². The number of ether oxygens (including phenoxy) is 1. The van der Waals surface area contributed by atoms with Gasteiger partial charge in [0.2, 0.25) is 0 Å². The van der Waals surface area contributed by atoms with Crippen LogP contribution in [-0.4, -0.2) is 34.6 Å². The molecule has 1 aliphatic rings. The fourth-order valence-corrected chi connectivity index (χ4v) is 4.01. The van der Waals surface area contributed by atoms with Crippen LogP contribution in [0.3, 0.4) is 0 Å². The van der Waals surface area contributed by atoms with Crippen molar-refractivity contribution in [2.45, 2.75) is 38.7 Å². The monoisotopic (exact) mass is 428 g/mol. The molecule has 1 saturated carbocycles. The molecule has 31 heavy (non-hydrogen) atoms. The third kappa shape index (κ3) is 5.95. The summed E-state index contributed by atoms with van der Waals surface area (Å²) in [7, 11) is 1.50. The summed E-state index contributed by atoms with van der Waals surface area (Å²) in [5.41, 5.74) is 2.34. The van der Waals surface area contributed by atoms with Crippen LogP contribution < -0.4 is 4.74 Å². The summed E-state index contributed by atoms with van der Waals surface area (Å²) in [4.78, 5) is 16.0. The Kier molecular flexibility index (Phi) is 7.83. The third-order valence-electron chi connectivity index (χ3n) is 5.79. The van der Waals surface area contributed by atoms with E-state index in [1.54, 1.807) is 24.3 Å². The number of phenolic OH excluding ortho intramolecular Hbond substituents is 1. The maximum Gasteiger partial charge on any atom is 0.269 e. The van der Waals surface area contributed by atoms with Gasteiger partial charge < -0.3 is 19.8 Å². The zero-order chi connectivity index (χ0) is 22.2. The van der Waals surface area contributed by atoms with Crippen LogP contribution in [0.15, 0.2) is 47.6 Å². The molecule has 0 radical (unpaired) electrons. The molecule has 2 aromatic rings. The van der Waals surface area contributed by atoms with E-state index in [0.29, 0.717) is 11.7 Å². The highest BCUT2D eigenvalue weighted by Crippen LogP contribution is 2.35. The average molecular weight is 428 g/mol. The summed E-state index contributed by atoms with van der Waals surface area (Å²) in [6.45, 7) is 0.393. The number of aromatic hydroxyl groups is 1. The lowest BCUT2D eigenvalue weighted by atomic mass is 9.77. The van der Waals surface area contributed by atoms with Crippen molar-refractivity contribution in [2.75, 3.05) is 13.7 Å². The molecule has 0 aliphatic heterocycles. The molecule has 166 valence electrons. The van der Waals surface area contributed by atoms with Crippen molar-refractivity contribution in [1.82, 2.24) is 0 Å². The van der Waals surface area contributed by atoms with Gasteiger partial charge in [0.15, 0.2) is 11.5 Å². The number of oxime groups is 1. The average Bonchev–Trinajstić information content (AvgIpc) is 2.78. The SMILES string of the molecule is COc1ccc(C(=NOCc2ccc([N+](=O)[O-])cc2)C2CCC(CCO)CC2)cc1O. The number of hydrogen-bond acceptors (Lipinski definition) is 7. The van der Waals surface area contributed by atoms with E-state index in [-0.39, 0.29) is 30.6 Å². The van der Waals surface area contributed by atoms with Gasteiger partial charge in [-0.3, -0.25) is 10.1 Å². The van der Waals surface area contributed by atoms with Gasteiger partial charge in [-0.15, -0.1) is 0 Å². The highest BCUT2D eigenvalue weighted by atomic mass is 16.6. The minimum atomic E-state index is -0.440. The summed E-state index contributed by atoms with van der Waals surface area (Å²) in [6, 6.07) is 11.4. The van der Waals surface area contributed by atoms with E-state index in [2.05, 4.69) is 5.16 Å². The van der Waals surface area contributed by atoms with E-state index in [1.165, 1.54) is 19.2 Å². The number of methoxy groups -OCH3 is 1. The van der Waals surface area contributed by atoms with Crippen molar-refractivity contribution in [1.29, 1.82) is 0 Å². The molecule has 0 unspecified atom stereocenters. The summed E-state index contributed by atoms with van der Waals surface area (Å²) in [5.74, 6) is 1.13. The molecule has 0 spiro atoms. The van der Waals surface area contributed by atoms with Gasteiger partial charge in [-0.05, 0) is 73.9 Å². The van der Waals surface area contributed by atoms with Crippen LogP contribution in [0.2, 0.25) is 0 Å². The largest absolute Gasteiger partial charge is 0.504 e. The molecule has 2 aromatic carbocycles. The maximum absolute atomic E-state index is 10.8. The number of aliphatic hydroxyl groups is 1. The van der Waals surface area contributed by atoms with E-state index in [1.807, 2.05) is 6.07 Å². The number of hydrogen-bond donors (Lipinski definition) is 2. The topological polar surface area (TPSA) is 114 Å². The van der Waals surface area contributed by atoms with Crippen LogP contribution in [-0.2, 0) is 11.4 Å². The summed E-state index contributed by atoms with van der Waals surface area (Å²) < 4.78 is 5.14. The van der Waals surface area contributed by atoms with E-state index in [9.17, 15) is 20.3 Å². The second-order valence-corrected chi connectivity index (χ2v) is 7.79. The Bertz CT molecular complexity index is 905. The molecule has 1 aliphatic carbocycles. The maximum atomic E-state index is 10.8. The van der Waals surface area contributed by atoms with Crippen molar-refractivity contribution in [3.63, 3.8) is 0 Å². The molecule has 8 heteroatoms. The van der Waals surface area contributed by atoms with Gasteiger partial charge in [0.05, 0.1) is 17.7 Å². The molecule has 8 nitrogen and oxygen atoms in total. The smallest absolute Gasteiger partial charge is 0.269 e. The van der Waals surface area contributed by atoms with E-state index < -0.39 is 4.92 Å². The number of phenols is 1. The summed E-state index contributed by atoms with van der Waals surface area (Å²) >= 11 is 0. The standard InChI is InChI=1S/C23H28N2O6/c1-30-22-11-8-19(14-21(22)27)23(18-6-2-16(3-7-18)12-13-26)24-31-15-17-4-9-20(10-5-17)25(28)29/h4-5,8-11,14,16,18,26-27H,2-3,6-7,12-13,15H2,1H3. The van der Waals surface area contributed by atoms with Crippen molar-refractivity contribution in [2.24, 2.45) is 17.0 Å². The van der Waals surface area contributed by atoms with E-state index in [4.69, 9.17) is 9.57 Å². The van der Waals surface area contributed by atoms with Crippen molar-refractivity contribution in [3.05, 3.63) is 63.7 Å². The lowest BCUT2D eigenvalue weighted by Crippen LogP contribution is -2.23. The minimum absolute atomic E-state index is 0.0290. The molecule has 0 amide bonds. The molecule has 0 saturated heterocycles. The number of aliphatic hydroxyl groups excluding tert-OH is 1. The Hall–Kier alpha value is -3.13. The Morgan fingerprint density at radius 1 is 1.16 bits per heavy atom. The Labute approximate surface area is 181 Å². The van der Waals surface area contributed by atoms with Gasteiger partial charge in [-0.25, -0.2) is 0 Å². The number of nitrogens with zero attached hydrogens (tertiary/aromatic N) is 2. The molecule has 3 rings (SSSR count). The molecule has 0 atom stereocenters. The first kappa shape index (κ1) is 22.6. The van der Waals surface area contributed by atoms with Crippen molar-refractivity contribution < 1.29 is 24.7 Å². The predicted octanol–water partition coefficient (Wildman–Crippen LogP) is 4.42. The van der Waals surface area contributed by atoms with Gasteiger partial charge in [0.1, 0.15) is 6.61 Å². The van der Waals surface area contributed by atoms with E-state index >= 15 is 0 Å².